The highest BCUT2D eigenvalue weighted by Crippen LogP contribution is 1.82. The van der Waals surface area contributed by atoms with Gasteiger partial charge in [0.2, 0.25) is 0 Å². The van der Waals surface area contributed by atoms with Gasteiger partial charge >= 0.3 is 5.56 Å². The Morgan fingerprint density at radius 3 is 2.90 bits per heavy atom. The lowest BCUT2D eigenvalue weighted by Gasteiger charge is -1.83. The molecule has 5 nitrogen and oxygen atoms in total. The zero-order valence-electron chi connectivity index (χ0n) is 5.37. The third-order valence-electron chi connectivity index (χ3n) is 1.05. The molecule has 0 saturated heterocycles. The Kier molecular flexibility index (Phi) is 1.54. The van der Waals surface area contributed by atoms with Crippen LogP contribution in [0.15, 0.2) is 9.42 Å². The number of nitriles is 1. The first-order valence-electron chi connectivity index (χ1n) is 2.76. The topological polar surface area (TPSA) is 71.8 Å². The van der Waals surface area contributed by atoms with E-state index in [-0.39, 0.29) is 5.69 Å². The average Bonchev–Trinajstić information content (AvgIpc) is 2.30. The fraction of sp³-hybridized carbons (Fsp3) is 0.400. The molecule has 1 rings (SSSR count). The minimum Gasteiger partial charge on any atom is -0.263 e. The zero-order chi connectivity index (χ0) is 7.56. The number of nitrogens with zero attached hydrogens (tertiary/aromatic N) is 3. The lowest BCUT2D eigenvalue weighted by atomic mass is 10.5. The van der Waals surface area contributed by atoms with Crippen LogP contribution in [0.2, 0.25) is 0 Å². The van der Waals surface area contributed by atoms with E-state index in [9.17, 15) is 4.79 Å². The summed E-state index contributed by atoms with van der Waals surface area (Å²) in [6.45, 7) is 2.13. The SMILES string of the molecule is CCn1onc(C#N)c1=O. The first kappa shape index (κ1) is 6.55. The van der Waals surface area contributed by atoms with Crippen molar-refractivity contribution in [3.8, 4) is 6.07 Å². The predicted molar refractivity (Wildman–Crippen MR) is 31.2 cm³/mol. The number of rotatable bonds is 1. The van der Waals surface area contributed by atoms with Gasteiger partial charge in [0, 0.05) is 0 Å². The first-order valence-corrected chi connectivity index (χ1v) is 2.76. The molecule has 10 heavy (non-hydrogen) atoms. The van der Waals surface area contributed by atoms with Crippen molar-refractivity contribution >= 4 is 0 Å². The van der Waals surface area contributed by atoms with Crippen molar-refractivity contribution in [3.05, 3.63) is 16.0 Å². The maximum absolute atomic E-state index is 10.8. The molecule has 1 heterocycles. The van der Waals surface area contributed by atoms with Crippen molar-refractivity contribution in [3.63, 3.8) is 0 Å². The minimum absolute atomic E-state index is 0.193. The van der Waals surface area contributed by atoms with Gasteiger partial charge in [0.25, 0.3) is 5.69 Å². The van der Waals surface area contributed by atoms with E-state index >= 15 is 0 Å². The van der Waals surface area contributed by atoms with Crippen LogP contribution in [0, 0.1) is 11.3 Å². The molecule has 0 saturated carbocycles. The van der Waals surface area contributed by atoms with E-state index in [4.69, 9.17) is 5.26 Å². The first-order chi connectivity index (χ1) is 4.79. The van der Waals surface area contributed by atoms with E-state index in [0.29, 0.717) is 6.54 Å². The predicted octanol–water partition coefficient (Wildman–Crippen LogP) is -0.272. The second-order valence-electron chi connectivity index (χ2n) is 1.63. The molecule has 0 N–H and O–H groups in total. The zero-order valence-corrected chi connectivity index (χ0v) is 5.37. The molecule has 0 fully saturated rings. The Hall–Kier alpha value is -1.57. The second-order valence-corrected chi connectivity index (χ2v) is 1.63. The van der Waals surface area contributed by atoms with E-state index in [1.165, 1.54) is 0 Å². The van der Waals surface area contributed by atoms with E-state index in [1.54, 1.807) is 13.0 Å². The van der Waals surface area contributed by atoms with Gasteiger partial charge in [-0.3, -0.25) is 9.42 Å². The van der Waals surface area contributed by atoms with Gasteiger partial charge in [-0.25, -0.2) is 0 Å². The van der Waals surface area contributed by atoms with Crippen LogP contribution in [0.4, 0.5) is 0 Å². The molecule has 0 atom stereocenters. The standard InChI is InChI=1S/C5H5N3O2/c1-2-8-5(9)4(3-6)7-10-8/h2H2,1H3. The Balaban J connectivity index is 3.26. The Bertz CT molecular complexity index is 316. The summed E-state index contributed by atoms with van der Waals surface area (Å²) in [5.41, 5.74) is -0.660. The second kappa shape index (κ2) is 2.35. The fourth-order valence-electron chi connectivity index (χ4n) is 0.554. The highest BCUT2D eigenvalue weighted by atomic mass is 16.6. The van der Waals surface area contributed by atoms with Gasteiger partial charge < -0.3 is 0 Å². The van der Waals surface area contributed by atoms with Crippen LogP contribution in [0.1, 0.15) is 12.6 Å². The Morgan fingerprint density at radius 2 is 2.60 bits per heavy atom. The van der Waals surface area contributed by atoms with Crippen molar-refractivity contribution < 1.29 is 4.63 Å². The molecular formula is C5H5N3O2. The van der Waals surface area contributed by atoms with E-state index in [1.807, 2.05) is 0 Å². The van der Waals surface area contributed by atoms with E-state index in [2.05, 4.69) is 9.79 Å². The molecule has 0 spiro atoms. The number of aromatic nitrogens is 2. The average molecular weight is 139 g/mol. The van der Waals surface area contributed by atoms with E-state index < -0.39 is 5.56 Å². The normalized spacial score (nSPS) is 9.20. The third-order valence-corrected chi connectivity index (χ3v) is 1.05. The highest BCUT2D eigenvalue weighted by Gasteiger charge is 2.06. The van der Waals surface area contributed by atoms with E-state index in [0.717, 1.165) is 4.74 Å². The molecule has 0 aliphatic rings. The summed E-state index contributed by atoms with van der Waals surface area (Å²) in [5, 5.41) is 11.5. The monoisotopic (exact) mass is 139 g/mol. The minimum atomic E-state index is -0.468. The fourth-order valence-corrected chi connectivity index (χ4v) is 0.554. The number of hydrogen-bond acceptors (Lipinski definition) is 4. The Labute approximate surface area is 56.4 Å². The molecule has 0 unspecified atom stereocenters. The van der Waals surface area contributed by atoms with Crippen LogP contribution in [0.5, 0.6) is 0 Å². The molecule has 1 aromatic heterocycles. The van der Waals surface area contributed by atoms with Gasteiger partial charge in [-0.05, 0) is 12.1 Å². The molecule has 52 valence electrons. The van der Waals surface area contributed by atoms with Gasteiger partial charge in [0.1, 0.15) is 6.07 Å². The molecule has 0 radical (unpaired) electrons. The quantitative estimate of drug-likeness (QED) is 0.536. The number of aryl methyl sites for hydroxylation is 1. The molecule has 0 bridgehead atoms. The van der Waals surface area contributed by atoms with Crippen molar-refractivity contribution in [2.75, 3.05) is 0 Å². The summed E-state index contributed by atoms with van der Waals surface area (Å²) in [4.78, 5) is 10.8. The summed E-state index contributed by atoms with van der Waals surface area (Å²) in [6.07, 6.45) is 0. The van der Waals surface area contributed by atoms with Crippen LogP contribution in [0.25, 0.3) is 0 Å². The summed E-state index contributed by atoms with van der Waals surface area (Å²) in [5.74, 6) is 0. The molecule has 1 aromatic rings. The van der Waals surface area contributed by atoms with Gasteiger partial charge in [0.15, 0.2) is 0 Å². The summed E-state index contributed by atoms with van der Waals surface area (Å²) in [6, 6.07) is 1.61. The van der Waals surface area contributed by atoms with Crippen LogP contribution in [-0.4, -0.2) is 9.90 Å². The maximum atomic E-state index is 10.8. The van der Waals surface area contributed by atoms with Crippen molar-refractivity contribution in [1.29, 1.82) is 5.26 Å². The lowest BCUT2D eigenvalue weighted by Crippen LogP contribution is -2.14. The molecule has 0 aromatic carbocycles. The van der Waals surface area contributed by atoms with Crippen molar-refractivity contribution in [2.45, 2.75) is 13.5 Å². The largest absolute Gasteiger partial charge is 0.321 e. The van der Waals surface area contributed by atoms with Crippen molar-refractivity contribution in [2.24, 2.45) is 0 Å². The van der Waals surface area contributed by atoms with Crippen molar-refractivity contribution in [1.82, 2.24) is 9.90 Å². The molecule has 0 aliphatic carbocycles. The van der Waals surface area contributed by atoms with Crippen LogP contribution >= 0.6 is 0 Å². The summed E-state index contributed by atoms with van der Waals surface area (Å²) < 4.78 is 5.48. The maximum Gasteiger partial charge on any atom is 0.321 e. The molecular weight excluding hydrogens is 134 g/mol. The van der Waals surface area contributed by atoms with Crippen LogP contribution in [0.3, 0.4) is 0 Å². The van der Waals surface area contributed by atoms with Gasteiger partial charge in [-0.2, -0.15) is 5.26 Å². The van der Waals surface area contributed by atoms with Crippen LogP contribution in [-0.2, 0) is 6.54 Å². The van der Waals surface area contributed by atoms with Gasteiger partial charge in [0.05, 0.1) is 6.54 Å². The molecule has 5 heteroatoms. The summed E-state index contributed by atoms with van der Waals surface area (Å²) in [7, 11) is 0. The number of hydrogen-bond donors (Lipinski definition) is 0. The smallest absolute Gasteiger partial charge is 0.263 e. The molecule has 0 aliphatic heterocycles. The third kappa shape index (κ3) is 0.796. The summed E-state index contributed by atoms with van der Waals surface area (Å²) >= 11 is 0. The van der Waals surface area contributed by atoms with Gasteiger partial charge in [-0.15, -0.1) is 4.74 Å². The molecule has 0 amide bonds. The van der Waals surface area contributed by atoms with Gasteiger partial charge in [-0.1, -0.05) is 0 Å². The lowest BCUT2D eigenvalue weighted by molar-refractivity contribution is 0.195. The Morgan fingerprint density at radius 1 is 1.90 bits per heavy atom. The highest BCUT2D eigenvalue weighted by molar-refractivity contribution is 5.12. The van der Waals surface area contributed by atoms with Crippen LogP contribution < -0.4 is 5.56 Å².